The minimum absolute atomic E-state index is 0.209. The smallest absolute Gasteiger partial charge is 0.402 e. The molecule has 11 heteroatoms. The number of thiophene rings is 1. The number of alkyl halides is 3. The van der Waals surface area contributed by atoms with Gasteiger partial charge in [0.2, 0.25) is 0 Å². The van der Waals surface area contributed by atoms with Crippen LogP contribution < -0.4 is 5.32 Å². The molecule has 0 fully saturated rings. The number of carbonyl (C=O) groups excluding carboxylic acids is 1. The van der Waals surface area contributed by atoms with E-state index in [9.17, 15) is 18.0 Å². The molecule has 0 aromatic carbocycles. The molecule has 22 heavy (non-hydrogen) atoms. The van der Waals surface area contributed by atoms with Crippen LogP contribution in [0.5, 0.6) is 0 Å². The summed E-state index contributed by atoms with van der Waals surface area (Å²) < 4.78 is 42.6. The highest BCUT2D eigenvalue weighted by Gasteiger charge is 2.34. The van der Waals surface area contributed by atoms with Gasteiger partial charge >= 0.3 is 12.2 Å². The summed E-state index contributed by atoms with van der Waals surface area (Å²) in [6.45, 7) is 0. The molecule has 1 N–H and O–H groups in total. The molecule has 3 aromatic rings. The van der Waals surface area contributed by atoms with Gasteiger partial charge in [-0.1, -0.05) is 11.2 Å². The number of hydrogen-bond acceptors (Lipinski definition) is 7. The third-order valence-electron chi connectivity index (χ3n) is 2.36. The number of nitrogens with one attached hydrogen (secondary N) is 1. The van der Waals surface area contributed by atoms with Crippen LogP contribution in [0.2, 0.25) is 0 Å². The molecule has 0 unspecified atom stereocenters. The van der Waals surface area contributed by atoms with Crippen molar-refractivity contribution in [3.05, 3.63) is 33.6 Å². The average Bonchev–Trinajstić information content (AvgIpc) is 3.19. The van der Waals surface area contributed by atoms with E-state index in [1.807, 2.05) is 5.38 Å². The van der Waals surface area contributed by atoms with Crippen LogP contribution in [0.15, 0.2) is 28.1 Å². The highest BCUT2D eigenvalue weighted by molar-refractivity contribution is 7.14. The van der Waals surface area contributed by atoms with Crippen LogP contribution in [0.4, 0.5) is 19.2 Å². The Kier molecular flexibility index (Phi) is 3.66. The van der Waals surface area contributed by atoms with Crippen LogP contribution >= 0.6 is 22.7 Å². The maximum absolute atomic E-state index is 12.5. The molecule has 0 bridgehead atoms. The van der Waals surface area contributed by atoms with Gasteiger partial charge in [0.25, 0.3) is 11.8 Å². The fourth-order valence-electron chi connectivity index (χ4n) is 1.43. The van der Waals surface area contributed by atoms with E-state index < -0.39 is 17.0 Å². The molecule has 0 aliphatic carbocycles. The molecule has 0 aliphatic heterocycles. The normalized spacial score (nSPS) is 11.6. The van der Waals surface area contributed by atoms with Crippen molar-refractivity contribution in [2.75, 3.05) is 5.32 Å². The van der Waals surface area contributed by atoms with Crippen molar-refractivity contribution >= 4 is 34.6 Å². The number of nitrogens with zero attached hydrogens (tertiary/aromatic N) is 3. The Morgan fingerprint density at radius 1 is 1.32 bits per heavy atom. The van der Waals surface area contributed by atoms with Crippen molar-refractivity contribution in [2.45, 2.75) is 6.18 Å². The number of hydrogen-bond donors (Lipinski definition) is 1. The molecule has 3 rings (SSSR count). The zero-order valence-electron chi connectivity index (χ0n) is 10.4. The van der Waals surface area contributed by atoms with Crippen molar-refractivity contribution in [2.24, 2.45) is 0 Å². The first kappa shape index (κ1) is 14.7. The second-order valence-corrected chi connectivity index (χ2v) is 5.85. The van der Waals surface area contributed by atoms with Gasteiger partial charge in [-0.2, -0.15) is 13.2 Å². The maximum Gasteiger partial charge on any atom is 0.427 e. The Labute approximate surface area is 128 Å². The molecule has 114 valence electrons. The zero-order chi connectivity index (χ0) is 15.7. The fourth-order valence-corrected chi connectivity index (χ4v) is 2.76. The molecule has 0 radical (unpaired) electrons. The van der Waals surface area contributed by atoms with Crippen LogP contribution in [0.25, 0.3) is 10.8 Å². The standard InChI is InChI=1S/C11H5F3N4O2S2/c12-11(13,14)6-4-15-9(22-6)7(19)16-10-18-17-8(20-10)5-2-1-3-21-5/h1-4H,(H,16,18,19). The summed E-state index contributed by atoms with van der Waals surface area (Å²) in [5.74, 6) is -0.637. The van der Waals surface area contributed by atoms with Gasteiger partial charge < -0.3 is 4.42 Å². The number of carbonyl (C=O) groups is 1. The first-order valence-electron chi connectivity index (χ1n) is 5.65. The van der Waals surface area contributed by atoms with Gasteiger partial charge in [0.1, 0.15) is 4.88 Å². The third-order valence-corrected chi connectivity index (χ3v) is 4.26. The number of rotatable bonds is 3. The number of amides is 1. The topological polar surface area (TPSA) is 80.9 Å². The highest BCUT2D eigenvalue weighted by Crippen LogP contribution is 2.33. The Morgan fingerprint density at radius 3 is 2.77 bits per heavy atom. The first-order chi connectivity index (χ1) is 10.4. The van der Waals surface area contributed by atoms with E-state index in [4.69, 9.17) is 4.42 Å². The largest absolute Gasteiger partial charge is 0.427 e. The van der Waals surface area contributed by atoms with E-state index in [1.165, 1.54) is 11.3 Å². The summed E-state index contributed by atoms with van der Waals surface area (Å²) in [6.07, 6.45) is -3.93. The lowest BCUT2D eigenvalue weighted by Crippen LogP contribution is -2.11. The van der Waals surface area contributed by atoms with Gasteiger partial charge in [0.15, 0.2) is 5.01 Å². The third kappa shape index (κ3) is 2.99. The Balaban J connectivity index is 1.73. The van der Waals surface area contributed by atoms with Crippen LogP contribution in [-0.4, -0.2) is 21.1 Å². The Morgan fingerprint density at radius 2 is 2.14 bits per heavy atom. The second-order valence-electron chi connectivity index (χ2n) is 3.87. The van der Waals surface area contributed by atoms with Gasteiger partial charge in [-0.3, -0.25) is 10.1 Å². The summed E-state index contributed by atoms with van der Waals surface area (Å²) in [4.78, 5) is 15.0. The molecular formula is C11H5F3N4O2S2. The van der Waals surface area contributed by atoms with Gasteiger partial charge in [-0.15, -0.1) is 27.8 Å². The minimum Gasteiger partial charge on any atom is -0.402 e. The summed E-state index contributed by atoms with van der Waals surface area (Å²) >= 11 is 1.60. The number of anilines is 1. The lowest BCUT2D eigenvalue weighted by Gasteiger charge is -1.99. The minimum atomic E-state index is -4.53. The quantitative estimate of drug-likeness (QED) is 0.785. The molecular weight excluding hydrogens is 341 g/mol. The molecule has 3 heterocycles. The van der Waals surface area contributed by atoms with Crippen LogP contribution in [0, 0.1) is 0 Å². The van der Waals surface area contributed by atoms with E-state index in [1.54, 1.807) is 12.1 Å². The summed E-state index contributed by atoms with van der Waals surface area (Å²) in [6, 6.07) is 3.33. The van der Waals surface area contributed by atoms with Crippen molar-refractivity contribution < 1.29 is 22.4 Å². The lowest BCUT2D eigenvalue weighted by atomic mass is 10.5. The first-order valence-corrected chi connectivity index (χ1v) is 7.35. The second kappa shape index (κ2) is 5.50. The van der Waals surface area contributed by atoms with E-state index in [2.05, 4.69) is 20.5 Å². The van der Waals surface area contributed by atoms with Gasteiger partial charge in [-0.25, -0.2) is 4.98 Å². The van der Waals surface area contributed by atoms with Crippen molar-refractivity contribution in [3.8, 4) is 10.8 Å². The van der Waals surface area contributed by atoms with Gasteiger partial charge in [0, 0.05) is 0 Å². The molecule has 0 atom stereocenters. The van der Waals surface area contributed by atoms with E-state index in [0.29, 0.717) is 11.1 Å². The Bertz CT molecular complexity index is 794. The Hall–Kier alpha value is -2.27. The summed E-state index contributed by atoms with van der Waals surface area (Å²) in [5.41, 5.74) is 0. The fraction of sp³-hybridized carbons (Fsp3) is 0.0909. The van der Waals surface area contributed by atoms with Crippen molar-refractivity contribution in [1.29, 1.82) is 0 Å². The van der Waals surface area contributed by atoms with E-state index in [-0.39, 0.29) is 28.2 Å². The number of thiazole rings is 1. The van der Waals surface area contributed by atoms with Gasteiger partial charge in [-0.05, 0) is 11.4 Å². The summed E-state index contributed by atoms with van der Waals surface area (Å²) in [7, 11) is 0. The molecule has 0 aliphatic rings. The van der Waals surface area contributed by atoms with E-state index >= 15 is 0 Å². The van der Waals surface area contributed by atoms with Crippen molar-refractivity contribution in [1.82, 2.24) is 15.2 Å². The van der Waals surface area contributed by atoms with Crippen molar-refractivity contribution in [3.63, 3.8) is 0 Å². The monoisotopic (exact) mass is 346 g/mol. The number of aromatic nitrogens is 3. The zero-order valence-corrected chi connectivity index (χ0v) is 12.1. The van der Waals surface area contributed by atoms with E-state index in [0.717, 1.165) is 0 Å². The van der Waals surface area contributed by atoms with Crippen LogP contribution in [0.1, 0.15) is 14.7 Å². The molecule has 3 aromatic heterocycles. The predicted octanol–water partition coefficient (Wildman–Crippen LogP) is 3.53. The molecule has 0 saturated carbocycles. The van der Waals surface area contributed by atoms with Gasteiger partial charge in [0.05, 0.1) is 11.1 Å². The molecule has 0 saturated heterocycles. The van der Waals surface area contributed by atoms with Crippen LogP contribution in [0.3, 0.4) is 0 Å². The molecule has 0 spiro atoms. The molecule has 6 nitrogen and oxygen atoms in total. The maximum atomic E-state index is 12.5. The average molecular weight is 346 g/mol. The highest BCUT2D eigenvalue weighted by atomic mass is 32.1. The number of halogens is 3. The predicted molar refractivity (Wildman–Crippen MR) is 72.7 cm³/mol. The lowest BCUT2D eigenvalue weighted by molar-refractivity contribution is -0.134. The summed E-state index contributed by atoms with van der Waals surface area (Å²) in [5, 5.41) is 11.0. The SMILES string of the molecule is O=C(Nc1nnc(-c2cccs2)o1)c1ncc(C(F)(F)F)s1. The van der Waals surface area contributed by atoms with Crippen LogP contribution in [-0.2, 0) is 6.18 Å². The molecule has 1 amide bonds.